The van der Waals surface area contributed by atoms with Crippen LogP contribution in [0.15, 0.2) is 18.2 Å². The van der Waals surface area contributed by atoms with Gasteiger partial charge in [0, 0.05) is 36.6 Å². The van der Waals surface area contributed by atoms with Gasteiger partial charge in [-0.05, 0) is 6.07 Å². The molecular weight excluding hydrogens is 224 g/mol. The van der Waals surface area contributed by atoms with Crippen LogP contribution in [0.25, 0.3) is 0 Å². The third-order valence-corrected chi connectivity index (χ3v) is 2.84. The van der Waals surface area contributed by atoms with E-state index in [0.29, 0.717) is 24.3 Å². The van der Waals surface area contributed by atoms with Crippen LogP contribution in [0.5, 0.6) is 5.75 Å². The molecule has 90 valence electrons. The molecule has 1 heterocycles. The minimum Gasteiger partial charge on any atom is -0.496 e. The van der Waals surface area contributed by atoms with Gasteiger partial charge >= 0.3 is 0 Å². The van der Waals surface area contributed by atoms with E-state index < -0.39 is 4.92 Å². The van der Waals surface area contributed by atoms with Crippen molar-refractivity contribution in [3.8, 4) is 5.75 Å². The number of non-ortho nitro benzene ring substituents is 1. The first-order valence-corrected chi connectivity index (χ1v) is 5.21. The Morgan fingerprint density at radius 1 is 1.53 bits per heavy atom. The monoisotopic (exact) mass is 236 g/mol. The number of nitro groups is 1. The van der Waals surface area contributed by atoms with Crippen LogP contribution in [0, 0.1) is 10.1 Å². The summed E-state index contributed by atoms with van der Waals surface area (Å²) in [7, 11) is 1.51. The maximum atomic E-state index is 11.2. The Bertz CT molecular complexity index is 473. The van der Waals surface area contributed by atoms with Gasteiger partial charge in [-0.15, -0.1) is 0 Å². The average Bonchev–Trinajstić information content (AvgIpc) is 2.74. The molecule has 6 nitrogen and oxygen atoms in total. The fourth-order valence-electron chi connectivity index (χ4n) is 1.98. The Kier molecular flexibility index (Phi) is 2.95. The van der Waals surface area contributed by atoms with Gasteiger partial charge in [0.25, 0.3) is 5.69 Å². The van der Waals surface area contributed by atoms with Crippen molar-refractivity contribution in [3.63, 3.8) is 0 Å². The second-order valence-electron chi connectivity index (χ2n) is 3.89. The van der Waals surface area contributed by atoms with Crippen molar-refractivity contribution >= 4 is 11.6 Å². The number of carbonyl (C=O) groups is 1. The standard InChI is InChI=1S/C11H12N2O4/c1-17-10-3-2-8(13(15)16)5-9(10)7-4-11(14)12-6-7/h2-3,5,7H,4,6H2,1H3,(H,12,14). The van der Waals surface area contributed by atoms with Gasteiger partial charge in [-0.25, -0.2) is 0 Å². The SMILES string of the molecule is COc1ccc([N+](=O)[O-])cc1C1CNC(=O)C1. The number of hydrogen-bond acceptors (Lipinski definition) is 4. The van der Waals surface area contributed by atoms with Gasteiger partial charge in [-0.2, -0.15) is 0 Å². The molecule has 0 aliphatic carbocycles. The summed E-state index contributed by atoms with van der Waals surface area (Å²) in [6, 6.07) is 4.44. The lowest BCUT2D eigenvalue weighted by atomic mass is 9.96. The first-order valence-electron chi connectivity index (χ1n) is 5.21. The fourth-order valence-corrected chi connectivity index (χ4v) is 1.98. The van der Waals surface area contributed by atoms with Crippen LogP contribution >= 0.6 is 0 Å². The maximum absolute atomic E-state index is 11.2. The summed E-state index contributed by atoms with van der Waals surface area (Å²) in [5.74, 6) is 0.484. The molecule has 0 radical (unpaired) electrons. The van der Waals surface area contributed by atoms with Crippen molar-refractivity contribution in [3.05, 3.63) is 33.9 Å². The number of nitro benzene ring substituents is 1. The first-order chi connectivity index (χ1) is 8.11. The second-order valence-corrected chi connectivity index (χ2v) is 3.89. The Morgan fingerprint density at radius 2 is 2.29 bits per heavy atom. The molecule has 0 spiro atoms. The minimum absolute atomic E-state index is 0.0140. The predicted molar refractivity (Wildman–Crippen MR) is 60.0 cm³/mol. The highest BCUT2D eigenvalue weighted by molar-refractivity contribution is 5.79. The average molecular weight is 236 g/mol. The van der Waals surface area contributed by atoms with E-state index >= 15 is 0 Å². The normalized spacial score (nSPS) is 18.9. The maximum Gasteiger partial charge on any atom is 0.269 e. The number of nitrogens with zero attached hydrogens (tertiary/aromatic N) is 1. The quantitative estimate of drug-likeness (QED) is 0.631. The molecule has 1 aromatic rings. The van der Waals surface area contributed by atoms with Crippen LogP contribution in [0.2, 0.25) is 0 Å². The molecule has 1 saturated heterocycles. The van der Waals surface area contributed by atoms with Crippen molar-refractivity contribution in [2.75, 3.05) is 13.7 Å². The molecular formula is C11H12N2O4. The molecule has 17 heavy (non-hydrogen) atoms. The second kappa shape index (κ2) is 4.40. The highest BCUT2D eigenvalue weighted by atomic mass is 16.6. The highest BCUT2D eigenvalue weighted by Crippen LogP contribution is 2.33. The van der Waals surface area contributed by atoms with E-state index in [1.54, 1.807) is 6.07 Å². The number of hydrogen-bond donors (Lipinski definition) is 1. The van der Waals surface area contributed by atoms with Crippen molar-refractivity contribution in [2.24, 2.45) is 0 Å². The Hall–Kier alpha value is -2.11. The summed E-state index contributed by atoms with van der Waals surface area (Å²) in [5, 5.41) is 13.4. The van der Waals surface area contributed by atoms with Gasteiger partial charge in [0.2, 0.25) is 5.91 Å². The molecule has 1 fully saturated rings. The summed E-state index contributed by atoms with van der Waals surface area (Å²) >= 11 is 0. The van der Waals surface area contributed by atoms with Gasteiger partial charge in [0.05, 0.1) is 12.0 Å². The first kappa shape index (κ1) is 11.4. The van der Waals surface area contributed by atoms with E-state index in [2.05, 4.69) is 5.32 Å². The van der Waals surface area contributed by atoms with Crippen molar-refractivity contribution in [1.82, 2.24) is 5.32 Å². The summed E-state index contributed by atoms with van der Waals surface area (Å²) in [4.78, 5) is 21.4. The van der Waals surface area contributed by atoms with Gasteiger partial charge in [0.15, 0.2) is 0 Å². The summed E-state index contributed by atoms with van der Waals surface area (Å²) in [6.45, 7) is 0.496. The molecule has 1 atom stereocenters. The molecule has 1 N–H and O–H groups in total. The van der Waals surface area contributed by atoms with E-state index in [1.807, 2.05) is 0 Å². The van der Waals surface area contributed by atoms with Crippen LogP contribution < -0.4 is 10.1 Å². The van der Waals surface area contributed by atoms with Gasteiger partial charge in [0.1, 0.15) is 5.75 Å². The lowest BCUT2D eigenvalue weighted by Gasteiger charge is -2.12. The van der Waals surface area contributed by atoms with Crippen LogP contribution in [-0.4, -0.2) is 24.5 Å². The summed E-state index contributed by atoms with van der Waals surface area (Å²) in [6.07, 6.45) is 0.345. The van der Waals surface area contributed by atoms with Crippen LogP contribution in [0.3, 0.4) is 0 Å². The lowest BCUT2D eigenvalue weighted by molar-refractivity contribution is -0.385. The number of nitrogens with one attached hydrogen (secondary N) is 1. The zero-order chi connectivity index (χ0) is 12.4. The Morgan fingerprint density at radius 3 is 2.82 bits per heavy atom. The molecule has 1 unspecified atom stereocenters. The third kappa shape index (κ3) is 2.20. The lowest BCUT2D eigenvalue weighted by Crippen LogP contribution is -2.13. The molecule has 1 amide bonds. The summed E-state index contributed by atoms with van der Waals surface area (Å²) < 4.78 is 5.17. The van der Waals surface area contributed by atoms with Crippen molar-refractivity contribution in [1.29, 1.82) is 0 Å². The fraction of sp³-hybridized carbons (Fsp3) is 0.364. The zero-order valence-electron chi connectivity index (χ0n) is 9.30. The zero-order valence-corrected chi connectivity index (χ0v) is 9.30. The number of carbonyl (C=O) groups excluding carboxylic acids is 1. The molecule has 1 aromatic carbocycles. The van der Waals surface area contributed by atoms with E-state index in [0.717, 1.165) is 0 Å². The van der Waals surface area contributed by atoms with Gasteiger partial charge in [-0.3, -0.25) is 14.9 Å². The largest absolute Gasteiger partial charge is 0.496 e. The van der Waals surface area contributed by atoms with Crippen LogP contribution in [-0.2, 0) is 4.79 Å². The van der Waals surface area contributed by atoms with E-state index in [4.69, 9.17) is 4.74 Å². The molecule has 2 rings (SSSR count). The van der Waals surface area contributed by atoms with Gasteiger partial charge in [-0.1, -0.05) is 0 Å². The van der Waals surface area contributed by atoms with E-state index in [9.17, 15) is 14.9 Å². The summed E-state index contributed by atoms with van der Waals surface area (Å²) in [5.41, 5.74) is 0.722. The Balaban J connectivity index is 2.38. The third-order valence-electron chi connectivity index (χ3n) is 2.84. The van der Waals surface area contributed by atoms with Crippen molar-refractivity contribution in [2.45, 2.75) is 12.3 Å². The number of rotatable bonds is 3. The Labute approximate surface area is 97.7 Å². The van der Waals surface area contributed by atoms with E-state index in [-0.39, 0.29) is 17.5 Å². The topological polar surface area (TPSA) is 81.5 Å². The smallest absolute Gasteiger partial charge is 0.269 e. The van der Waals surface area contributed by atoms with Crippen LogP contribution in [0.4, 0.5) is 5.69 Å². The van der Waals surface area contributed by atoms with Crippen molar-refractivity contribution < 1.29 is 14.5 Å². The number of ether oxygens (including phenoxy) is 1. The highest BCUT2D eigenvalue weighted by Gasteiger charge is 2.27. The molecule has 0 aromatic heterocycles. The van der Waals surface area contributed by atoms with Gasteiger partial charge < -0.3 is 10.1 Å². The molecule has 0 bridgehead atoms. The number of methoxy groups -OCH3 is 1. The number of amides is 1. The molecule has 1 aliphatic heterocycles. The molecule has 6 heteroatoms. The number of benzene rings is 1. The van der Waals surface area contributed by atoms with Crippen LogP contribution in [0.1, 0.15) is 17.9 Å². The predicted octanol–water partition coefficient (Wildman–Crippen LogP) is 1.21. The molecule has 0 saturated carbocycles. The molecule has 1 aliphatic rings. The van der Waals surface area contributed by atoms with E-state index in [1.165, 1.54) is 19.2 Å². The minimum atomic E-state index is -0.451.